The average molecular weight is 218 g/mol. The summed E-state index contributed by atoms with van der Waals surface area (Å²) in [7, 11) is 0. The van der Waals surface area contributed by atoms with Gasteiger partial charge in [-0.05, 0) is 31.2 Å². The van der Waals surface area contributed by atoms with Crippen molar-refractivity contribution in [1.29, 1.82) is 0 Å². The van der Waals surface area contributed by atoms with E-state index in [-0.39, 0.29) is 0 Å². The van der Waals surface area contributed by atoms with Crippen LogP contribution in [0.4, 0.5) is 0 Å². The van der Waals surface area contributed by atoms with Gasteiger partial charge >= 0.3 is 0 Å². The lowest BCUT2D eigenvalue weighted by atomic mass is 9.91. The van der Waals surface area contributed by atoms with Crippen LogP contribution in [0.25, 0.3) is 0 Å². The highest BCUT2D eigenvalue weighted by atomic mass is 14.1. The van der Waals surface area contributed by atoms with E-state index in [1.165, 1.54) is 24.0 Å². The molecule has 1 rings (SSSR count). The molecule has 1 aromatic rings. The molecule has 0 aliphatic rings. The maximum Gasteiger partial charge on any atom is -0.0171 e. The molecule has 0 saturated carbocycles. The summed E-state index contributed by atoms with van der Waals surface area (Å²) in [5.41, 5.74) is 2.71. The van der Waals surface area contributed by atoms with Crippen molar-refractivity contribution in [2.75, 3.05) is 0 Å². The summed E-state index contributed by atoms with van der Waals surface area (Å²) < 4.78 is 0. The Hall–Kier alpha value is -1.04. The molecule has 0 saturated heterocycles. The fourth-order valence-corrected chi connectivity index (χ4v) is 1.57. The molecule has 0 heterocycles. The summed E-state index contributed by atoms with van der Waals surface area (Å²) in [5, 5.41) is 0. The molecule has 1 unspecified atom stereocenters. The summed E-state index contributed by atoms with van der Waals surface area (Å²) in [6.45, 7) is 12.6. The summed E-state index contributed by atoms with van der Waals surface area (Å²) in [6, 6.07) is 10.6. The first-order valence-electron chi connectivity index (χ1n) is 6.34. The van der Waals surface area contributed by atoms with Crippen LogP contribution in [-0.4, -0.2) is 0 Å². The molecule has 0 radical (unpaired) electrons. The molecule has 0 bridgehead atoms. The third-order valence-electron chi connectivity index (χ3n) is 2.51. The number of rotatable bonds is 4. The van der Waals surface area contributed by atoms with Crippen LogP contribution in [0.15, 0.2) is 42.5 Å². The molecule has 0 heteroatoms. The van der Waals surface area contributed by atoms with Crippen LogP contribution in [0.1, 0.15) is 46.1 Å². The van der Waals surface area contributed by atoms with Crippen molar-refractivity contribution in [2.45, 2.75) is 47.0 Å². The van der Waals surface area contributed by atoms with Gasteiger partial charge < -0.3 is 0 Å². The van der Waals surface area contributed by atoms with Crippen LogP contribution >= 0.6 is 0 Å². The number of benzene rings is 1. The van der Waals surface area contributed by atoms with E-state index in [0.29, 0.717) is 5.92 Å². The van der Waals surface area contributed by atoms with Gasteiger partial charge in [-0.3, -0.25) is 0 Å². The van der Waals surface area contributed by atoms with Crippen molar-refractivity contribution in [3.05, 3.63) is 48.0 Å². The summed E-state index contributed by atoms with van der Waals surface area (Å²) in [4.78, 5) is 0. The van der Waals surface area contributed by atoms with Crippen LogP contribution in [0.5, 0.6) is 0 Å². The van der Waals surface area contributed by atoms with Crippen molar-refractivity contribution < 1.29 is 0 Å². The normalized spacial score (nSPS) is 11.2. The van der Waals surface area contributed by atoms with Crippen molar-refractivity contribution in [1.82, 2.24) is 0 Å². The van der Waals surface area contributed by atoms with Crippen molar-refractivity contribution in [2.24, 2.45) is 5.92 Å². The van der Waals surface area contributed by atoms with Gasteiger partial charge in [0.1, 0.15) is 0 Å². The predicted octanol–water partition coefficient (Wildman–Crippen LogP) is 5.25. The van der Waals surface area contributed by atoms with Gasteiger partial charge in [0, 0.05) is 0 Å². The van der Waals surface area contributed by atoms with E-state index in [4.69, 9.17) is 0 Å². The van der Waals surface area contributed by atoms with Gasteiger partial charge in [0.25, 0.3) is 0 Å². The fraction of sp³-hybridized carbons (Fsp3) is 0.500. The summed E-state index contributed by atoms with van der Waals surface area (Å²) in [6.07, 6.45) is 3.57. The predicted molar refractivity (Wildman–Crippen MR) is 74.7 cm³/mol. The van der Waals surface area contributed by atoms with E-state index < -0.39 is 0 Å². The van der Waals surface area contributed by atoms with E-state index in [9.17, 15) is 0 Å². The third-order valence-corrected chi connectivity index (χ3v) is 2.51. The molecule has 0 spiro atoms. The first kappa shape index (κ1) is 15.0. The summed E-state index contributed by atoms with van der Waals surface area (Å²) >= 11 is 0. The Kier molecular flexibility index (Phi) is 8.61. The molecule has 1 aromatic carbocycles. The second-order valence-corrected chi connectivity index (χ2v) is 4.35. The zero-order valence-corrected chi connectivity index (χ0v) is 11.3. The molecule has 0 aliphatic carbocycles. The number of hydrogen-bond donors (Lipinski definition) is 0. The minimum absolute atomic E-state index is 0.641. The smallest absolute Gasteiger partial charge is 0.0171 e. The van der Waals surface area contributed by atoms with Gasteiger partial charge in [0.15, 0.2) is 0 Å². The molecule has 0 aliphatic heterocycles. The molecule has 1 atom stereocenters. The zero-order chi connectivity index (χ0) is 12.4. The topological polar surface area (TPSA) is 0 Å². The molecular formula is C16H26. The highest BCUT2D eigenvalue weighted by Crippen LogP contribution is 2.18. The first-order valence-corrected chi connectivity index (χ1v) is 6.34. The molecule has 0 N–H and O–H groups in total. The van der Waals surface area contributed by atoms with Gasteiger partial charge in [0.05, 0.1) is 0 Å². The van der Waals surface area contributed by atoms with Gasteiger partial charge in [-0.1, -0.05) is 69.7 Å². The van der Waals surface area contributed by atoms with E-state index in [0.717, 1.165) is 6.42 Å². The van der Waals surface area contributed by atoms with Crippen molar-refractivity contribution in [3.63, 3.8) is 0 Å². The lowest BCUT2D eigenvalue weighted by molar-refractivity contribution is 0.590. The molecule has 16 heavy (non-hydrogen) atoms. The van der Waals surface area contributed by atoms with Gasteiger partial charge in [0.2, 0.25) is 0 Å². The maximum atomic E-state index is 4.02. The van der Waals surface area contributed by atoms with E-state index in [1.54, 1.807) is 0 Å². The molecule has 0 aromatic heterocycles. The minimum atomic E-state index is 0.641. The molecule has 0 amide bonds. The SMILES string of the molecule is C=C(C)C(CC)Cc1ccccc1.CCC. The van der Waals surface area contributed by atoms with E-state index in [1.807, 2.05) is 0 Å². The van der Waals surface area contributed by atoms with Crippen LogP contribution in [-0.2, 0) is 6.42 Å². The molecule has 0 nitrogen and oxygen atoms in total. The Balaban J connectivity index is 0.000000673. The van der Waals surface area contributed by atoms with E-state index in [2.05, 4.69) is 64.6 Å². The zero-order valence-electron chi connectivity index (χ0n) is 11.3. The van der Waals surface area contributed by atoms with E-state index >= 15 is 0 Å². The molecular weight excluding hydrogens is 192 g/mol. The highest BCUT2D eigenvalue weighted by Gasteiger charge is 2.06. The quantitative estimate of drug-likeness (QED) is 0.606. The van der Waals surface area contributed by atoms with Gasteiger partial charge in [-0.15, -0.1) is 0 Å². The molecule has 90 valence electrons. The first-order chi connectivity index (χ1) is 7.65. The van der Waals surface area contributed by atoms with Crippen LogP contribution in [0.2, 0.25) is 0 Å². The van der Waals surface area contributed by atoms with Crippen LogP contribution in [0.3, 0.4) is 0 Å². The largest absolute Gasteiger partial charge is 0.0998 e. The lowest BCUT2D eigenvalue weighted by Gasteiger charge is -2.14. The second kappa shape index (κ2) is 9.21. The number of allylic oxidation sites excluding steroid dienone is 1. The Labute approximate surface area is 101 Å². The second-order valence-electron chi connectivity index (χ2n) is 4.35. The average Bonchev–Trinajstić information content (AvgIpc) is 2.28. The van der Waals surface area contributed by atoms with Crippen molar-refractivity contribution in [3.8, 4) is 0 Å². The molecule has 0 fully saturated rings. The third kappa shape index (κ3) is 6.44. The Morgan fingerprint density at radius 2 is 1.62 bits per heavy atom. The highest BCUT2D eigenvalue weighted by molar-refractivity contribution is 5.17. The van der Waals surface area contributed by atoms with Gasteiger partial charge in [-0.2, -0.15) is 0 Å². The monoisotopic (exact) mass is 218 g/mol. The Morgan fingerprint density at radius 3 is 2.00 bits per heavy atom. The standard InChI is InChI=1S/C13H18.C3H8/c1-4-13(11(2)3)10-12-8-6-5-7-9-12;1-3-2/h5-9,13H,2,4,10H2,1,3H3;3H2,1-2H3. The number of hydrogen-bond acceptors (Lipinski definition) is 0. The fourth-order valence-electron chi connectivity index (χ4n) is 1.57. The minimum Gasteiger partial charge on any atom is -0.0998 e. The Morgan fingerprint density at radius 1 is 1.12 bits per heavy atom. The van der Waals surface area contributed by atoms with Gasteiger partial charge in [-0.25, -0.2) is 0 Å². The Bertz CT molecular complexity index is 271. The van der Waals surface area contributed by atoms with Crippen LogP contribution < -0.4 is 0 Å². The van der Waals surface area contributed by atoms with Crippen molar-refractivity contribution >= 4 is 0 Å². The lowest BCUT2D eigenvalue weighted by Crippen LogP contribution is -2.03. The van der Waals surface area contributed by atoms with Crippen LogP contribution in [0, 0.1) is 5.92 Å². The maximum absolute atomic E-state index is 4.02. The summed E-state index contributed by atoms with van der Waals surface area (Å²) in [5.74, 6) is 0.641.